The van der Waals surface area contributed by atoms with Crippen LogP contribution in [-0.2, 0) is 6.54 Å². The lowest BCUT2D eigenvalue weighted by Crippen LogP contribution is -2.35. The Labute approximate surface area is 92.1 Å². The first-order valence-corrected chi connectivity index (χ1v) is 4.89. The van der Waals surface area contributed by atoms with Crippen LogP contribution in [0.15, 0.2) is 18.2 Å². The molecular weight excluding hydrogens is 219 g/mol. The highest BCUT2D eigenvalue weighted by molar-refractivity contribution is 5.26. The lowest BCUT2D eigenvalue weighted by molar-refractivity contribution is -0.0477. The van der Waals surface area contributed by atoms with Crippen LogP contribution in [0.4, 0.5) is 13.2 Å². The Hall–Kier alpha value is -1.07. The summed E-state index contributed by atoms with van der Waals surface area (Å²) in [7, 11) is 0. The monoisotopic (exact) mass is 233 g/mol. The van der Waals surface area contributed by atoms with Gasteiger partial charge >= 0.3 is 0 Å². The van der Waals surface area contributed by atoms with Gasteiger partial charge in [-0.3, -0.25) is 0 Å². The molecule has 5 heteroatoms. The zero-order valence-electron chi connectivity index (χ0n) is 8.93. The van der Waals surface area contributed by atoms with Crippen molar-refractivity contribution in [2.24, 2.45) is 0 Å². The van der Waals surface area contributed by atoms with Crippen molar-refractivity contribution in [1.29, 1.82) is 0 Å². The second-order valence-electron chi connectivity index (χ2n) is 3.69. The average Bonchev–Trinajstić information content (AvgIpc) is 2.23. The minimum atomic E-state index is -3.14. The van der Waals surface area contributed by atoms with Gasteiger partial charge in [0.1, 0.15) is 12.4 Å². The molecule has 0 bridgehead atoms. The standard InChI is InChI=1S/C11H14F3NO/c1-8-2-3-10(12)4-9(8)5-15-6-11(13,14)7-16/h2-4,15-16H,5-7H2,1H3. The van der Waals surface area contributed by atoms with E-state index >= 15 is 0 Å². The largest absolute Gasteiger partial charge is 0.390 e. The Bertz CT molecular complexity index is 355. The first kappa shape index (κ1) is 13.0. The zero-order chi connectivity index (χ0) is 12.2. The molecule has 0 heterocycles. The van der Waals surface area contributed by atoms with Gasteiger partial charge in [0.05, 0.1) is 6.54 Å². The number of hydrogen-bond donors (Lipinski definition) is 2. The molecule has 16 heavy (non-hydrogen) atoms. The first-order valence-electron chi connectivity index (χ1n) is 4.89. The predicted octanol–water partition coefficient (Wildman–Crippen LogP) is 1.85. The number of halogens is 3. The highest BCUT2D eigenvalue weighted by Gasteiger charge is 2.26. The SMILES string of the molecule is Cc1ccc(F)cc1CNCC(F)(F)CO. The maximum atomic E-state index is 12.9. The summed E-state index contributed by atoms with van der Waals surface area (Å²) in [6, 6.07) is 4.22. The van der Waals surface area contributed by atoms with Gasteiger partial charge in [-0.2, -0.15) is 0 Å². The molecule has 1 aromatic rings. The van der Waals surface area contributed by atoms with Crippen molar-refractivity contribution in [2.45, 2.75) is 19.4 Å². The van der Waals surface area contributed by atoms with Gasteiger partial charge in [0.15, 0.2) is 0 Å². The average molecular weight is 233 g/mol. The van der Waals surface area contributed by atoms with E-state index in [0.717, 1.165) is 5.56 Å². The molecule has 0 aliphatic carbocycles. The lowest BCUT2D eigenvalue weighted by atomic mass is 10.1. The van der Waals surface area contributed by atoms with E-state index in [-0.39, 0.29) is 6.54 Å². The van der Waals surface area contributed by atoms with Gasteiger partial charge < -0.3 is 10.4 Å². The fourth-order valence-electron chi connectivity index (χ4n) is 1.27. The molecule has 0 fully saturated rings. The number of nitrogens with one attached hydrogen (secondary N) is 1. The molecule has 0 aromatic heterocycles. The van der Waals surface area contributed by atoms with Crippen molar-refractivity contribution in [1.82, 2.24) is 5.32 Å². The summed E-state index contributed by atoms with van der Waals surface area (Å²) in [4.78, 5) is 0. The minimum absolute atomic E-state index is 0.152. The van der Waals surface area contributed by atoms with Crippen molar-refractivity contribution in [3.8, 4) is 0 Å². The molecule has 0 aliphatic heterocycles. The molecule has 0 atom stereocenters. The number of hydrogen-bond acceptors (Lipinski definition) is 2. The van der Waals surface area contributed by atoms with Gasteiger partial charge in [-0.15, -0.1) is 0 Å². The van der Waals surface area contributed by atoms with Crippen molar-refractivity contribution in [3.63, 3.8) is 0 Å². The van der Waals surface area contributed by atoms with Crippen LogP contribution in [0.2, 0.25) is 0 Å². The molecule has 0 unspecified atom stereocenters. The van der Waals surface area contributed by atoms with Crippen LogP contribution >= 0.6 is 0 Å². The number of aliphatic hydroxyl groups is 1. The molecule has 0 radical (unpaired) electrons. The molecule has 0 aliphatic rings. The third kappa shape index (κ3) is 3.83. The lowest BCUT2D eigenvalue weighted by Gasteiger charge is -2.14. The molecule has 90 valence electrons. The second-order valence-corrected chi connectivity index (χ2v) is 3.69. The zero-order valence-corrected chi connectivity index (χ0v) is 8.93. The van der Waals surface area contributed by atoms with E-state index in [0.29, 0.717) is 5.56 Å². The van der Waals surface area contributed by atoms with Gasteiger partial charge in [0.25, 0.3) is 5.92 Å². The fourth-order valence-corrected chi connectivity index (χ4v) is 1.27. The van der Waals surface area contributed by atoms with E-state index < -0.39 is 24.9 Å². The normalized spacial score (nSPS) is 11.8. The maximum Gasteiger partial charge on any atom is 0.282 e. The molecule has 0 amide bonds. The number of aliphatic hydroxyl groups excluding tert-OH is 1. The van der Waals surface area contributed by atoms with Gasteiger partial charge in [0, 0.05) is 6.54 Å². The molecule has 0 saturated carbocycles. The van der Waals surface area contributed by atoms with Gasteiger partial charge in [-0.1, -0.05) is 6.07 Å². The smallest absolute Gasteiger partial charge is 0.282 e. The van der Waals surface area contributed by atoms with E-state index in [1.54, 1.807) is 13.0 Å². The van der Waals surface area contributed by atoms with Crippen LogP contribution in [0.25, 0.3) is 0 Å². The maximum absolute atomic E-state index is 12.9. The number of alkyl halides is 2. The number of rotatable bonds is 5. The summed E-state index contributed by atoms with van der Waals surface area (Å²) >= 11 is 0. The summed E-state index contributed by atoms with van der Waals surface area (Å²) in [5.74, 6) is -3.53. The van der Waals surface area contributed by atoms with E-state index in [4.69, 9.17) is 5.11 Å². The summed E-state index contributed by atoms with van der Waals surface area (Å²) in [6.45, 7) is 0.113. The Morgan fingerprint density at radius 1 is 1.38 bits per heavy atom. The Morgan fingerprint density at radius 2 is 2.06 bits per heavy atom. The molecule has 1 aromatic carbocycles. The quantitative estimate of drug-likeness (QED) is 0.813. The van der Waals surface area contributed by atoms with Crippen LogP contribution in [0.1, 0.15) is 11.1 Å². The predicted molar refractivity (Wildman–Crippen MR) is 54.9 cm³/mol. The first-order chi connectivity index (χ1) is 7.44. The van der Waals surface area contributed by atoms with Crippen LogP contribution in [0, 0.1) is 12.7 Å². The Morgan fingerprint density at radius 3 is 2.69 bits per heavy atom. The highest BCUT2D eigenvalue weighted by Crippen LogP contribution is 2.12. The second kappa shape index (κ2) is 5.32. The van der Waals surface area contributed by atoms with Crippen molar-refractivity contribution in [2.75, 3.05) is 13.2 Å². The van der Waals surface area contributed by atoms with E-state index in [2.05, 4.69) is 5.32 Å². The fraction of sp³-hybridized carbons (Fsp3) is 0.455. The third-order valence-electron chi connectivity index (χ3n) is 2.24. The van der Waals surface area contributed by atoms with Crippen LogP contribution < -0.4 is 5.32 Å². The van der Waals surface area contributed by atoms with Crippen molar-refractivity contribution < 1.29 is 18.3 Å². The van der Waals surface area contributed by atoms with E-state index in [1.165, 1.54) is 12.1 Å². The minimum Gasteiger partial charge on any atom is -0.390 e. The summed E-state index contributed by atoms with van der Waals surface area (Å²) in [6.07, 6.45) is 0. The van der Waals surface area contributed by atoms with Crippen LogP contribution in [0.3, 0.4) is 0 Å². The van der Waals surface area contributed by atoms with E-state index in [1.807, 2.05) is 0 Å². The number of benzene rings is 1. The molecule has 2 N–H and O–H groups in total. The molecule has 2 nitrogen and oxygen atoms in total. The van der Waals surface area contributed by atoms with Crippen molar-refractivity contribution in [3.05, 3.63) is 35.1 Å². The topological polar surface area (TPSA) is 32.3 Å². The van der Waals surface area contributed by atoms with E-state index in [9.17, 15) is 13.2 Å². The Kier molecular flexibility index (Phi) is 4.32. The van der Waals surface area contributed by atoms with Gasteiger partial charge in [-0.05, 0) is 30.2 Å². The van der Waals surface area contributed by atoms with Crippen molar-refractivity contribution >= 4 is 0 Å². The molecule has 0 spiro atoms. The number of aryl methyl sites for hydroxylation is 1. The summed E-state index contributed by atoms with van der Waals surface area (Å²) in [5.41, 5.74) is 1.47. The molecule has 0 saturated heterocycles. The van der Waals surface area contributed by atoms with Crippen LogP contribution in [-0.4, -0.2) is 24.2 Å². The molecule has 1 rings (SSSR count). The highest BCUT2D eigenvalue weighted by atomic mass is 19.3. The Balaban J connectivity index is 2.52. The van der Waals surface area contributed by atoms with Gasteiger partial charge in [0.2, 0.25) is 0 Å². The summed E-state index contributed by atoms with van der Waals surface area (Å²) in [5, 5.41) is 10.8. The van der Waals surface area contributed by atoms with Gasteiger partial charge in [-0.25, -0.2) is 13.2 Å². The third-order valence-corrected chi connectivity index (χ3v) is 2.24. The van der Waals surface area contributed by atoms with Crippen LogP contribution in [0.5, 0.6) is 0 Å². The summed E-state index contributed by atoms with van der Waals surface area (Å²) < 4.78 is 38.2. The molecular formula is C11H14F3NO.